The number of hydrogen-bond donors (Lipinski definition) is 3. The average Bonchev–Trinajstić information content (AvgIpc) is 2.49. The van der Waals surface area contributed by atoms with E-state index in [-0.39, 0.29) is 18.3 Å². The fourth-order valence-corrected chi connectivity index (χ4v) is 2.08. The molecule has 4 nitrogen and oxygen atoms in total. The van der Waals surface area contributed by atoms with Gasteiger partial charge in [0, 0.05) is 18.5 Å². The predicted octanol–water partition coefficient (Wildman–Crippen LogP) is 3.27. The maximum absolute atomic E-state index is 11.8. The van der Waals surface area contributed by atoms with E-state index in [2.05, 4.69) is 31.3 Å². The van der Waals surface area contributed by atoms with Crippen molar-refractivity contribution in [2.45, 2.75) is 52.7 Å². The molecule has 0 aliphatic rings. The number of carbonyl (C=O) groups is 1. The Balaban J connectivity index is 2.23. The van der Waals surface area contributed by atoms with Crippen LogP contribution < -0.4 is 5.32 Å². The Bertz CT molecular complexity index is 495. The number of aliphatic hydroxyl groups excluding tert-OH is 1. The highest BCUT2D eigenvalue weighted by atomic mass is 16.3. The molecular weight excluding hydrogens is 278 g/mol. The van der Waals surface area contributed by atoms with Crippen molar-refractivity contribution < 1.29 is 15.0 Å². The van der Waals surface area contributed by atoms with Gasteiger partial charge in [-0.25, -0.2) is 0 Å². The maximum atomic E-state index is 11.8. The highest BCUT2D eigenvalue weighted by Gasteiger charge is 2.04. The van der Waals surface area contributed by atoms with E-state index in [0.29, 0.717) is 24.4 Å². The molecular formula is C18H27NO3. The van der Waals surface area contributed by atoms with Crippen LogP contribution in [0.2, 0.25) is 0 Å². The summed E-state index contributed by atoms with van der Waals surface area (Å²) in [6, 6.07) is 4.98. The normalized spacial score (nSPS) is 11.3. The standard InChI is InChI=1S/C18H27NO3/c1-14(2)7-5-3-4-6-8-18(22)19-12-15-9-10-17(21)16(11-15)13-20/h5,7,9-11,14,20-21H,3-4,6,8,12-13H2,1-2H3,(H,19,22)/b7-5+. The van der Waals surface area contributed by atoms with Gasteiger partial charge >= 0.3 is 0 Å². The lowest BCUT2D eigenvalue weighted by Crippen LogP contribution is -2.22. The highest BCUT2D eigenvalue weighted by molar-refractivity contribution is 5.75. The Hall–Kier alpha value is -1.81. The smallest absolute Gasteiger partial charge is 0.220 e. The number of benzene rings is 1. The first kappa shape index (κ1) is 18.2. The highest BCUT2D eigenvalue weighted by Crippen LogP contribution is 2.18. The summed E-state index contributed by atoms with van der Waals surface area (Å²) < 4.78 is 0. The molecule has 0 radical (unpaired) electrons. The minimum Gasteiger partial charge on any atom is -0.508 e. The quantitative estimate of drug-likeness (QED) is 0.484. The summed E-state index contributed by atoms with van der Waals surface area (Å²) in [5.74, 6) is 0.691. The minimum absolute atomic E-state index is 0.0338. The minimum atomic E-state index is -0.211. The van der Waals surface area contributed by atoms with Crippen LogP contribution >= 0.6 is 0 Å². The second-order valence-electron chi connectivity index (χ2n) is 5.82. The number of unbranched alkanes of at least 4 members (excludes halogenated alkanes) is 2. The van der Waals surface area contributed by atoms with Crippen LogP contribution in [0.1, 0.15) is 50.7 Å². The molecule has 0 atom stereocenters. The fraction of sp³-hybridized carbons (Fsp3) is 0.500. The number of rotatable bonds is 9. The molecule has 0 saturated carbocycles. The SMILES string of the molecule is CC(C)/C=C/CCCCC(=O)NCc1ccc(O)c(CO)c1. The van der Waals surface area contributed by atoms with Gasteiger partial charge in [-0.1, -0.05) is 32.1 Å². The Morgan fingerprint density at radius 3 is 2.77 bits per heavy atom. The van der Waals surface area contributed by atoms with E-state index in [4.69, 9.17) is 5.11 Å². The van der Waals surface area contributed by atoms with Crippen LogP contribution in [-0.4, -0.2) is 16.1 Å². The lowest BCUT2D eigenvalue weighted by molar-refractivity contribution is -0.121. The molecule has 0 spiro atoms. The second kappa shape index (κ2) is 10.0. The van der Waals surface area contributed by atoms with Crippen molar-refractivity contribution in [1.29, 1.82) is 0 Å². The monoisotopic (exact) mass is 305 g/mol. The molecule has 22 heavy (non-hydrogen) atoms. The van der Waals surface area contributed by atoms with E-state index < -0.39 is 0 Å². The van der Waals surface area contributed by atoms with Crippen LogP contribution in [0.25, 0.3) is 0 Å². The van der Waals surface area contributed by atoms with E-state index in [1.54, 1.807) is 12.1 Å². The summed E-state index contributed by atoms with van der Waals surface area (Å²) in [6.45, 7) is 4.50. The molecule has 0 heterocycles. The molecule has 0 saturated heterocycles. The van der Waals surface area contributed by atoms with Crippen molar-refractivity contribution in [3.63, 3.8) is 0 Å². The number of aromatic hydroxyl groups is 1. The van der Waals surface area contributed by atoms with Crippen LogP contribution in [0.5, 0.6) is 5.75 Å². The first-order valence-electron chi connectivity index (χ1n) is 7.88. The van der Waals surface area contributed by atoms with Gasteiger partial charge in [0.05, 0.1) is 6.61 Å². The van der Waals surface area contributed by atoms with E-state index in [0.717, 1.165) is 24.8 Å². The van der Waals surface area contributed by atoms with Crippen LogP contribution in [0.3, 0.4) is 0 Å². The number of nitrogens with one attached hydrogen (secondary N) is 1. The van der Waals surface area contributed by atoms with E-state index in [9.17, 15) is 9.90 Å². The third kappa shape index (κ3) is 7.27. The van der Waals surface area contributed by atoms with Gasteiger partial charge in [-0.15, -0.1) is 0 Å². The maximum Gasteiger partial charge on any atom is 0.220 e. The molecule has 0 fully saturated rings. The fourth-order valence-electron chi connectivity index (χ4n) is 2.08. The van der Waals surface area contributed by atoms with Crippen molar-refractivity contribution in [2.75, 3.05) is 0 Å². The van der Waals surface area contributed by atoms with Gasteiger partial charge in [0.15, 0.2) is 0 Å². The molecule has 3 N–H and O–H groups in total. The molecule has 0 aromatic heterocycles. The zero-order valence-electron chi connectivity index (χ0n) is 13.5. The molecule has 1 aromatic rings. The molecule has 0 aliphatic carbocycles. The summed E-state index contributed by atoms with van der Waals surface area (Å²) >= 11 is 0. The van der Waals surface area contributed by atoms with Crippen molar-refractivity contribution >= 4 is 5.91 Å². The first-order chi connectivity index (χ1) is 10.5. The Labute approximate surface area is 132 Å². The number of phenols is 1. The molecule has 0 unspecified atom stereocenters. The molecule has 0 bridgehead atoms. The second-order valence-corrected chi connectivity index (χ2v) is 5.82. The van der Waals surface area contributed by atoms with Gasteiger partial charge in [-0.3, -0.25) is 4.79 Å². The van der Waals surface area contributed by atoms with Gasteiger partial charge in [-0.2, -0.15) is 0 Å². The molecule has 1 amide bonds. The van der Waals surface area contributed by atoms with Gasteiger partial charge in [0.25, 0.3) is 0 Å². The van der Waals surface area contributed by atoms with Gasteiger partial charge in [0.1, 0.15) is 5.75 Å². The van der Waals surface area contributed by atoms with E-state index in [1.165, 1.54) is 6.07 Å². The number of amides is 1. The van der Waals surface area contributed by atoms with Crippen LogP contribution in [0.4, 0.5) is 0 Å². The molecule has 1 aromatic carbocycles. The summed E-state index contributed by atoms with van der Waals surface area (Å²) in [5.41, 5.74) is 1.35. The molecule has 1 rings (SSSR count). The van der Waals surface area contributed by atoms with Crippen molar-refractivity contribution in [2.24, 2.45) is 5.92 Å². The van der Waals surface area contributed by atoms with Crippen LogP contribution in [-0.2, 0) is 17.9 Å². The average molecular weight is 305 g/mol. The summed E-state index contributed by atoms with van der Waals surface area (Å²) in [5, 5.41) is 21.4. The van der Waals surface area contributed by atoms with Crippen LogP contribution in [0.15, 0.2) is 30.4 Å². The Kier molecular flexibility index (Phi) is 8.30. The van der Waals surface area contributed by atoms with Gasteiger partial charge < -0.3 is 15.5 Å². The third-order valence-electron chi connectivity index (χ3n) is 3.35. The summed E-state index contributed by atoms with van der Waals surface area (Å²) in [6.07, 6.45) is 7.80. The van der Waals surface area contributed by atoms with Crippen molar-refractivity contribution in [3.05, 3.63) is 41.5 Å². The van der Waals surface area contributed by atoms with Gasteiger partial charge in [-0.05, 0) is 42.9 Å². The zero-order valence-corrected chi connectivity index (χ0v) is 13.5. The lowest BCUT2D eigenvalue weighted by atomic mass is 10.1. The number of hydrogen-bond acceptors (Lipinski definition) is 3. The van der Waals surface area contributed by atoms with Crippen LogP contribution in [0, 0.1) is 5.92 Å². The predicted molar refractivity (Wildman–Crippen MR) is 88.3 cm³/mol. The molecule has 0 aliphatic heterocycles. The molecule has 122 valence electrons. The zero-order chi connectivity index (χ0) is 16.4. The number of carbonyl (C=O) groups excluding carboxylic acids is 1. The summed E-state index contributed by atoms with van der Waals surface area (Å²) in [7, 11) is 0. The number of allylic oxidation sites excluding steroid dienone is 2. The van der Waals surface area contributed by atoms with E-state index in [1.807, 2.05) is 0 Å². The molecule has 4 heteroatoms. The lowest BCUT2D eigenvalue weighted by Gasteiger charge is -2.07. The van der Waals surface area contributed by atoms with Gasteiger partial charge in [0.2, 0.25) is 5.91 Å². The third-order valence-corrected chi connectivity index (χ3v) is 3.35. The topological polar surface area (TPSA) is 69.6 Å². The summed E-state index contributed by atoms with van der Waals surface area (Å²) in [4.78, 5) is 11.8. The number of aliphatic hydroxyl groups is 1. The Morgan fingerprint density at radius 1 is 1.32 bits per heavy atom. The Morgan fingerprint density at radius 2 is 2.09 bits per heavy atom. The van der Waals surface area contributed by atoms with E-state index >= 15 is 0 Å². The van der Waals surface area contributed by atoms with Crippen molar-refractivity contribution in [1.82, 2.24) is 5.32 Å². The largest absolute Gasteiger partial charge is 0.508 e. The first-order valence-corrected chi connectivity index (χ1v) is 7.88. The van der Waals surface area contributed by atoms with Crippen molar-refractivity contribution in [3.8, 4) is 5.75 Å².